The van der Waals surface area contributed by atoms with Crippen LogP contribution in [0.3, 0.4) is 0 Å². The molecule has 0 bridgehead atoms. The third-order valence-corrected chi connectivity index (χ3v) is 16.1. The van der Waals surface area contributed by atoms with Gasteiger partial charge in [0.15, 0.2) is 6.29 Å². The van der Waals surface area contributed by atoms with Gasteiger partial charge in [0.1, 0.15) is 12.2 Å². The van der Waals surface area contributed by atoms with Crippen LogP contribution in [-0.4, -0.2) is 37.3 Å². The molecule has 5 heteroatoms. The zero-order valence-corrected chi connectivity index (χ0v) is 36.9. The summed E-state index contributed by atoms with van der Waals surface area (Å²) < 4.78 is 33.9. The quantitative estimate of drug-likeness (QED) is 0.127. The van der Waals surface area contributed by atoms with Gasteiger partial charge in [0.05, 0.1) is 38.6 Å². The van der Waals surface area contributed by atoms with Gasteiger partial charge in [-0.15, -0.1) is 0 Å². The van der Waals surface area contributed by atoms with Gasteiger partial charge in [-0.3, -0.25) is 0 Å². The number of hydrogen-bond acceptors (Lipinski definition) is 5. The molecule has 0 aromatic heterocycles. The molecular weight excluding hydrogens is 729 g/mol. The summed E-state index contributed by atoms with van der Waals surface area (Å²) >= 11 is 0. The molecule has 8 rings (SSSR count). The van der Waals surface area contributed by atoms with E-state index in [1.54, 1.807) is 5.57 Å². The molecule has 0 amide bonds. The Balaban J connectivity index is 0.949. The summed E-state index contributed by atoms with van der Waals surface area (Å²) in [6, 6.07) is 31.2. The second kappa shape index (κ2) is 19.5. The van der Waals surface area contributed by atoms with Crippen molar-refractivity contribution < 1.29 is 23.7 Å². The minimum atomic E-state index is -0.391. The van der Waals surface area contributed by atoms with Gasteiger partial charge < -0.3 is 23.7 Å². The summed E-state index contributed by atoms with van der Waals surface area (Å²) in [6.07, 6.45) is 16.6. The van der Waals surface area contributed by atoms with Crippen molar-refractivity contribution in [3.05, 3.63) is 119 Å². The van der Waals surface area contributed by atoms with Crippen LogP contribution < -0.4 is 0 Å². The van der Waals surface area contributed by atoms with Crippen LogP contribution in [0.1, 0.15) is 128 Å². The predicted octanol–water partition coefficient (Wildman–Crippen LogP) is 12.9. The van der Waals surface area contributed by atoms with E-state index in [9.17, 15) is 0 Å². The van der Waals surface area contributed by atoms with E-state index < -0.39 is 6.29 Å². The molecule has 1 aliphatic heterocycles. The Morgan fingerprint density at radius 2 is 1.37 bits per heavy atom. The first-order chi connectivity index (χ1) is 28.7. The van der Waals surface area contributed by atoms with Crippen molar-refractivity contribution in [2.24, 2.45) is 46.3 Å². The molecule has 3 aromatic rings. The lowest BCUT2D eigenvalue weighted by Crippen LogP contribution is -2.54. The summed E-state index contributed by atoms with van der Waals surface area (Å²) in [5, 5.41) is 0. The van der Waals surface area contributed by atoms with Crippen LogP contribution in [-0.2, 0) is 43.5 Å². The van der Waals surface area contributed by atoms with Crippen LogP contribution >= 0.6 is 0 Å². The molecule has 4 aliphatic carbocycles. The number of ether oxygens (including phenoxy) is 5. The molecule has 0 unspecified atom stereocenters. The molecule has 0 radical (unpaired) electrons. The third-order valence-electron chi connectivity index (χ3n) is 16.1. The zero-order valence-electron chi connectivity index (χ0n) is 36.9. The van der Waals surface area contributed by atoms with E-state index in [4.69, 9.17) is 23.7 Å². The first-order valence-corrected chi connectivity index (χ1v) is 23.6. The van der Waals surface area contributed by atoms with Gasteiger partial charge in [-0.05, 0) is 114 Å². The van der Waals surface area contributed by atoms with Gasteiger partial charge in [-0.1, -0.05) is 157 Å². The normalized spacial score (nSPS) is 34.7. The van der Waals surface area contributed by atoms with E-state index in [0.29, 0.717) is 38.3 Å². The molecule has 0 spiro atoms. The van der Waals surface area contributed by atoms with Gasteiger partial charge in [0, 0.05) is 6.42 Å². The van der Waals surface area contributed by atoms with Crippen LogP contribution in [0.4, 0.5) is 0 Å². The van der Waals surface area contributed by atoms with Crippen molar-refractivity contribution in [2.75, 3.05) is 6.61 Å². The summed E-state index contributed by atoms with van der Waals surface area (Å²) in [6.45, 7) is 14.6. The fourth-order valence-electron chi connectivity index (χ4n) is 12.9. The van der Waals surface area contributed by atoms with Crippen LogP contribution in [0.2, 0.25) is 0 Å². The molecule has 320 valence electrons. The summed E-state index contributed by atoms with van der Waals surface area (Å²) in [4.78, 5) is 0. The SMILES string of the molecule is CC(C)CCC[C@@H](C)[C@H]1CC[C@H]2[C@@H]3CC=C4C[C@@H](O[C@@H]5C[C@@H](OCc6ccccc6)[C@@H](OCc6ccccc6)[C@@H](COCc6ccccc6)O5)CC[C@]4(C)[C@H]3CC[C@]12C. The summed E-state index contributed by atoms with van der Waals surface area (Å²) in [5.41, 5.74) is 5.88. The molecule has 59 heavy (non-hydrogen) atoms. The highest BCUT2D eigenvalue weighted by Crippen LogP contribution is 2.67. The zero-order chi connectivity index (χ0) is 40.8. The van der Waals surface area contributed by atoms with Crippen molar-refractivity contribution >= 4 is 0 Å². The Morgan fingerprint density at radius 3 is 2.05 bits per heavy atom. The van der Waals surface area contributed by atoms with Crippen LogP contribution in [0.25, 0.3) is 0 Å². The van der Waals surface area contributed by atoms with Crippen LogP contribution in [0.5, 0.6) is 0 Å². The topological polar surface area (TPSA) is 46.2 Å². The van der Waals surface area contributed by atoms with Gasteiger partial charge >= 0.3 is 0 Å². The minimum Gasteiger partial charge on any atom is -0.374 e. The summed E-state index contributed by atoms with van der Waals surface area (Å²) in [5.74, 6) is 5.08. The Hall–Kier alpha value is -2.80. The molecule has 1 heterocycles. The van der Waals surface area contributed by atoms with E-state index in [0.717, 1.165) is 65.0 Å². The average molecular weight is 803 g/mol. The fraction of sp³-hybridized carbons (Fsp3) is 0.630. The molecule has 5 aliphatic rings. The summed E-state index contributed by atoms with van der Waals surface area (Å²) in [7, 11) is 0. The lowest BCUT2D eigenvalue weighted by Gasteiger charge is -2.58. The minimum absolute atomic E-state index is 0.134. The number of rotatable bonds is 17. The highest BCUT2D eigenvalue weighted by molar-refractivity contribution is 5.26. The molecule has 4 fully saturated rings. The highest BCUT2D eigenvalue weighted by Gasteiger charge is 2.59. The second-order valence-electron chi connectivity index (χ2n) is 20.2. The fourth-order valence-corrected chi connectivity index (χ4v) is 12.9. The van der Waals surface area contributed by atoms with E-state index in [1.165, 1.54) is 57.8 Å². The van der Waals surface area contributed by atoms with E-state index >= 15 is 0 Å². The van der Waals surface area contributed by atoms with Gasteiger partial charge in [-0.25, -0.2) is 0 Å². The average Bonchev–Trinajstić information content (AvgIpc) is 3.61. The van der Waals surface area contributed by atoms with E-state index in [-0.39, 0.29) is 29.8 Å². The maximum absolute atomic E-state index is 7.07. The van der Waals surface area contributed by atoms with E-state index in [2.05, 4.69) is 120 Å². The number of allylic oxidation sites excluding steroid dienone is 1. The molecule has 12 atom stereocenters. The number of fused-ring (bicyclic) bond motifs is 5. The maximum atomic E-state index is 7.07. The smallest absolute Gasteiger partial charge is 0.161 e. The van der Waals surface area contributed by atoms with Crippen molar-refractivity contribution in [1.82, 2.24) is 0 Å². The molecule has 3 aromatic carbocycles. The second-order valence-corrected chi connectivity index (χ2v) is 20.2. The maximum Gasteiger partial charge on any atom is 0.161 e. The molecule has 1 saturated heterocycles. The first-order valence-electron chi connectivity index (χ1n) is 23.6. The van der Waals surface area contributed by atoms with Crippen molar-refractivity contribution in [1.29, 1.82) is 0 Å². The Morgan fingerprint density at radius 1 is 0.712 bits per heavy atom. The number of hydrogen-bond donors (Lipinski definition) is 0. The van der Waals surface area contributed by atoms with Crippen molar-refractivity contribution in [2.45, 2.75) is 162 Å². The third kappa shape index (κ3) is 9.97. The lowest BCUT2D eigenvalue weighted by molar-refractivity contribution is -0.290. The van der Waals surface area contributed by atoms with Crippen LogP contribution in [0, 0.1) is 46.3 Å². The Labute approximate surface area is 357 Å². The van der Waals surface area contributed by atoms with Crippen LogP contribution in [0.15, 0.2) is 103 Å². The van der Waals surface area contributed by atoms with E-state index in [1.807, 2.05) is 12.1 Å². The lowest BCUT2D eigenvalue weighted by atomic mass is 9.47. The molecule has 5 nitrogen and oxygen atoms in total. The standard InChI is InChI=1S/C54H74O5/c1-38(2)16-15-17-39(3)46-26-27-47-45-25-24-43-32-44(28-30-53(43,4)48(45)29-31-54(46,47)5)58-51-33-49(56-35-41-20-11-7-12-21-41)52(57-36-42-22-13-8-14-23-42)50(59-51)37-55-34-40-18-9-6-10-19-40/h6-14,18-24,38-39,44-52H,15-17,25-37H2,1-5H3/t39-,44+,45+,46-,47+,48+,49-,50-,51+,52-,53+,54-/m1/s1. The number of benzene rings is 3. The van der Waals surface area contributed by atoms with Gasteiger partial charge in [0.2, 0.25) is 0 Å². The monoisotopic (exact) mass is 803 g/mol. The predicted molar refractivity (Wildman–Crippen MR) is 237 cm³/mol. The van der Waals surface area contributed by atoms with Crippen molar-refractivity contribution in [3.8, 4) is 0 Å². The molecular formula is C54H74O5. The molecule has 3 saturated carbocycles. The largest absolute Gasteiger partial charge is 0.374 e. The Bertz CT molecular complexity index is 1760. The van der Waals surface area contributed by atoms with Gasteiger partial charge in [-0.2, -0.15) is 0 Å². The van der Waals surface area contributed by atoms with Crippen molar-refractivity contribution in [3.63, 3.8) is 0 Å². The first kappa shape index (κ1) is 42.9. The van der Waals surface area contributed by atoms with Gasteiger partial charge in [0.25, 0.3) is 0 Å². The highest BCUT2D eigenvalue weighted by atomic mass is 16.7. The molecule has 0 N–H and O–H groups in total. The Kier molecular flexibility index (Phi) is 14.2.